The van der Waals surface area contributed by atoms with Crippen LogP contribution in [0.3, 0.4) is 0 Å². The Morgan fingerprint density at radius 1 is 1.03 bits per heavy atom. The van der Waals surface area contributed by atoms with Gasteiger partial charge in [0.05, 0.1) is 17.7 Å². The number of nitrogens with one attached hydrogen (secondary N) is 1. The van der Waals surface area contributed by atoms with Crippen LogP contribution in [0.1, 0.15) is 11.3 Å². The Kier molecular flexibility index (Phi) is 5.06. The maximum Gasteiger partial charge on any atom is 0.419 e. The first-order chi connectivity index (χ1) is 14.3. The van der Waals surface area contributed by atoms with Gasteiger partial charge in [0, 0.05) is 17.3 Å². The molecular formula is C20H14F4N2O4. The number of ether oxygens (including phenoxy) is 2. The highest BCUT2D eigenvalue weighted by Gasteiger charge is 2.34. The number of halogens is 4. The number of nitrogens with zero attached hydrogens (tertiary/aromatic N) is 1. The quantitative estimate of drug-likeness (QED) is 0.629. The van der Waals surface area contributed by atoms with E-state index in [4.69, 9.17) is 14.0 Å². The molecule has 2 aromatic carbocycles. The SMILES string of the molecule is O=C(Cc1cc(-c2ccc3c(c2)OCCO3)on1)Nc1ccc(F)c(C(F)(F)F)c1. The third-order valence-corrected chi connectivity index (χ3v) is 4.28. The molecule has 0 fully saturated rings. The molecule has 1 N–H and O–H groups in total. The summed E-state index contributed by atoms with van der Waals surface area (Å²) in [4.78, 5) is 12.2. The summed E-state index contributed by atoms with van der Waals surface area (Å²) in [6, 6.07) is 8.96. The molecule has 0 saturated carbocycles. The van der Waals surface area contributed by atoms with Gasteiger partial charge in [-0.15, -0.1) is 0 Å². The van der Waals surface area contributed by atoms with Crippen molar-refractivity contribution in [1.82, 2.24) is 5.16 Å². The smallest absolute Gasteiger partial charge is 0.419 e. The van der Waals surface area contributed by atoms with Crippen LogP contribution in [0, 0.1) is 5.82 Å². The Bertz CT molecular complexity index is 1090. The Labute approximate surface area is 167 Å². The van der Waals surface area contributed by atoms with Crippen LogP contribution >= 0.6 is 0 Å². The van der Waals surface area contributed by atoms with E-state index in [0.29, 0.717) is 48.2 Å². The Hall–Kier alpha value is -3.56. The summed E-state index contributed by atoms with van der Waals surface area (Å²) in [5, 5.41) is 6.11. The second-order valence-electron chi connectivity index (χ2n) is 6.46. The summed E-state index contributed by atoms with van der Waals surface area (Å²) in [5.74, 6) is -0.485. The van der Waals surface area contributed by atoms with Crippen LogP contribution in [0.2, 0.25) is 0 Å². The number of rotatable bonds is 4. The van der Waals surface area contributed by atoms with Gasteiger partial charge < -0.3 is 19.3 Å². The summed E-state index contributed by atoms with van der Waals surface area (Å²) in [6.07, 6.45) is -5.11. The molecule has 0 radical (unpaired) electrons. The molecule has 1 aromatic heterocycles. The van der Waals surface area contributed by atoms with Crippen LogP contribution in [0.4, 0.5) is 23.2 Å². The number of anilines is 1. The van der Waals surface area contributed by atoms with E-state index >= 15 is 0 Å². The van der Waals surface area contributed by atoms with Crippen molar-refractivity contribution < 1.29 is 36.4 Å². The van der Waals surface area contributed by atoms with E-state index in [1.807, 2.05) is 0 Å². The molecular weight excluding hydrogens is 408 g/mol. The highest BCUT2D eigenvalue weighted by atomic mass is 19.4. The zero-order valence-corrected chi connectivity index (χ0v) is 15.3. The normalized spacial score (nSPS) is 13.2. The highest BCUT2D eigenvalue weighted by molar-refractivity contribution is 5.92. The second-order valence-corrected chi connectivity index (χ2v) is 6.46. The Balaban J connectivity index is 1.45. The van der Waals surface area contributed by atoms with E-state index in [1.165, 1.54) is 6.07 Å². The lowest BCUT2D eigenvalue weighted by atomic mass is 10.1. The third-order valence-electron chi connectivity index (χ3n) is 4.28. The van der Waals surface area contributed by atoms with E-state index in [9.17, 15) is 22.4 Å². The van der Waals surface area contributed by atoms with E-state index < -0.39 is 23.5 Å². The van der Waals surface area contributed by atoms with Gasteiger partial charge in [-0.2, -0.15) is 13.2 Å². The summed E-state index contributed by atoms with van der Waals surface area (Å²) in [5.41, 5.74) is -0.700. The lowest BCUT2D eigenvalue weighted by Crippen LogP contribution is -2.16. The molecule has 0 bridgehead atoms. The summed E-state index contributed by atoms with van der Waals surface area (Å²) < 4.78 is 67.9. The Morgan fingerprint density at radius 2 is 1.80 bits per heavy atom. The van der Waals surface area contributed by atoms with Gasteiger partial charge in [0.25, 0.3) is 0 Å². The summed E-state index contributed by atoms with van der Waals surface area (Å²) in [6.45, 7) is 0.893. The van der Waals surface area contributed by atoms with Crippen LogP contribution in [0.15, 0.2) is 47.0 Å². The maximum atomic E-state index is 13.3. The van der Waals surface area contributed by atoms with Crippen molar-refractivity contribution in [3.63, 3.8) is 0 Å². The van der Waals surface area contributed by atoms with Crippen LogP contribution in [-0.4, -0.2) is 24.3 Å². The molecule has 0 aliphatic carbocycles. The fraction of sp³-hybridized carbons (Fsp3) is 0.200. The average Bonchev–Trinajstić information content (AvgIpc) is 3.16. The van der Waals surface area contributed by atoms with Gasteiger partial charge in [-0.25, -0.2) is 4.39 Å². The van der Waals surface area contributed by atoms with Crippen molar-refractivity contribution in [1.29, 1.82) is 0 Å². The summed E-state index contributed by atoms with van der Waals surface area (Å²) >= 11 is 0. The molecule has 1 aliphatic heterocycles. The Morgan fingerprint density at radius 3 is 2.57 bits per heavy atom. The minimum absolute atomic E-state index is 0.177. The standard InChI is InChI=1S/C20H14F4N2O4/c21-15-3-2-12(8-14(15)20(22,23)24)25-19(27)10-13-9-17(30-26-13)11-1-4-16-18(7-11)29-6-5-28-16/h1-4,7-9H,5-6,10H2,(H,25,27). The maximum absolute atomic E-state index is 13.3. The predicted octanol–water partition coefficient (Wildman–Crippen LogP) is 4.45. The topological polar surface area (TPSA) is 73.6 Å². The molecule has 2 heterocycles. The molecule has 30 heavy (non-hydrogen) atoms. The molecule has 0 unspecified atom stereocenters. The molecule has 1 aliphatic rings. The minimum Gasteiger partial charge on any atom is -0.486 e. The van der Waals surface area contributed by atoms with Crippen molar-refractivity contribution in [2.24, 2.45) is 0 Å². The van der Waals surface area contributed by atoms with Crippen LogP contribution in [0.25, 0.3) is 11.3 Å². The molecule has 0 atom stereocenters. The largest absolute Gasteiger partial charge is 0.486 e. The van der Waals surface area contributed by atoms with Crippen LogP contribution in [0.5, 0.6) is 11.5 Å². The van der Waals surface area contributed by atoms with Crippen LogP contribution < -0.4 is 14.8 Å². The van der Waals surface area contributed by atoms with Gasteiger partial charge in [0.1, 0.15) is 19.0 Å². The zero-order valence-electron chi connectivity index (χ0n) is 15.3. The number of amides is 1. The fourth-order valence-corrected chi connectivity index (χ4v) is 2.92. The predicted molar refractivity (Wildman–Crippen MR) is 96.7 cm³/mol. The van der Waals surface area contributed by atoms with E-state index in [1.54, 1.807) is 18.2 Å². The zero-order chi connectivity index (χ0) is 21.3. The number of benzene rings is 2. The van der Waals surface area contributed by atoms with Gasteiger partial charge in [-0.05, 0) is 36.4 Å². The first kappa shape index (κ1) is 19.7. The first-order valence-corrected chi connectivity index (χ1v) is 8.82. The first-order valence-electron chi connectivity index (χ1n) is 8.82. The number of carbonyl (C=O) groups is 1. The van der Waals surface area contributed by atoms with Crippen molar-refractivity contribution in [3.05, 3.63) is 59.5 Å². The van der Waals surface area contributed by atoms with Gasteiger partial charge >= 0.3 is 6.18 Å². The van der Waals surface area contributed by atoms with E-state index in [2.05, 4.69) is 10.5 Å². The number of alkyl halides is 3. The molecule has 6 nitrogen and oxygen atoms in total. The van der Waals surface area contributed by atoms with Crippen molar-refractivity contribution in [2.45, 2.75) is 12.6 Å². The summed E-state index contributed by atoms with van der Waals surface area (Å²) in [7, 11) is 0. The molecule has 0 spiro atoms. The lowest BCUT2D eigenvalue weighted by molar-refractivity contribution is -0.140. The fourth-order valence-electron chi connectivity index (χ4n) is 2.92. The number of hydrogen-bond acceptors (Lipinski definition) is 5. The average molecular weight is 422 g/mol. The van der Waals surface area contributed by atoms with Crippen molar-refractivity contribution in [3.8, 4) is 22.8 Å². The van der Waals surface area contributed by atoms with E-state index in [0.717, 1.165) is 6.07 Å². The van der Waals surface area contributed by atoms with Gasteiger partial charge in [-0.3, -0.25) is 4.79 Å². The second kappa shape index (κ2) is 7.69. The molecule has 1 amide bonds. The molecule has 10 heteroatoms. The molecule has 0 saturated heterocycles. The molecule has 4 rings (SSSR count). The van der Waals surface area contributed by atoms with E-state index in [-0.39, 0.29) is 17.8 Å². The number of aromatic nitrogens is 1. The molecule has 156 valence electrons. The van der Waals surface area contributed by atoms with Crippen molar-refractivity contribution >= 4 is 11.6 Å². The number of carbonyl (C=O) groups excluding carboxylic acids is 1. The number of hydrogen-bond donors (Lipinski definition) is 1. The van der Waals surface area contributed by atoms with Gasteiger partial charge in [0.2, 0.25) is 5.91 Å². The van der Waals surface area contributed by atoms with Gasteiger partial charge in [0.15, 0.2) is 17.3 Å². The van der Waals surface area contributed by atoms with Crippen molar-refractivity contribution in [2.75, 3.05) is 18.5 Å². The monoisotopic (exact) mass is 422 g/mol. The highest BCUT2D eigenvalue weighted by Crippen LogP contribution is 2.35. The molecule has 3 aromatic rings. The van der Waals surface area contributed by atoms with Crippen LogP contribution in [-0.2, 0) is 17.4 Å². The number of fused-ring (bicyclic) bond motifs is 1. The van der Waals surface area contributed by atoms with Gasteiger partial charge in [-0.1, -0.05) is 5.16 Å². The minimum atomic E-state index is -4.87. The lowest BCUT2D eigenvalue weighted by Gasteiger charge is -2.18. The third kappa shape index (κ3) is 4.22.